The summed E-state index contributed by atoms with van der Waals surface area (Å²) in [5, 5.41) is 16.1. The monoisotopic (exact) mass is 534 g/mol. The molecule has 0 amide bonds. The van der Waals surface area contributed by atoms with Crippen LogP contribution in [0.1, 0.15) is 23.6 Å². The Morgan fingerprint density at radius 1 is 1.03 bits per heavy atom. The number of hydrogen-bond donors (Lipinski definition) is 1. The van der Waals surface area contributed by atoms with E-state index in [1.165, 1.54) is 42.5 Å². The molecule has 1 aliphatic heterocycles. The molecule has 0 aromatic heterocycles. The molecule has 0 saturated heterocycles. The second-order valence-corrected chi connectivity index (χ2v) is 11.8. The Balaban J connectivity index is 1.80. The van der Waals surface area contributed by atoms with Crippen molar-refractivity contribution in [3.63, 3.8) is 0 Å². The number of nitro benzene ring substituents is 1. The minimum absolute atomic E-state index is 0.0465. The van der Waals surface area contributed by atoms with Crippen molar-refractivity contribution < 1.29 is 21.8 Å². The summed E-state index contributed by atoms with van der Waals surface area (Å²) in [6.07, 6.45) is 1.13. The molecule has 1 N–H and O–H groups in total. The van der Waals surface area contributed by atoms with E-state index >= 15 is 0 Å². The van der Waals surface area contributed by atoms with Crippen molar-refractivity contribution in [1.29, 1.82) is 0 Å². The highest BCUT2D eigenvalue weighted by molar-refractivity contribution is 7.92. The molecule has 3 aromatic rings. The molecule has 1 aliphatic rings. The standard InChI is InChI=1S/C22H19ClN4O6S2/c1-34(30,31)25-18-6-2-4-15(12-18)21-14-22(16-5-3-7-19(13-16)27(28)29)26(24-21)35(32,33)20-10-8-17(23)9-11-20/h2-13,22,25H,14H2,1H3/t22-/m1/s1. The number of nitrogens with one attached hydrogen (secondary N) is 1. The van der Waals surface area contributed by atoms with Crippen LogP contribution < -0.4 is 4.72 Å². The van der Waals surface area contributed by atoms with Crippen LogP contribution in [0.5, 0.6) is 0 Å². The predicted molar refractivity (Wildman–Crippen MR) is 132 cm³/mol. The third-order valence-electron chi connectivity index (χ3n) is 5.20. The lowest BCUT2D eigenvalue weighted by Crippen LogP contribution is -2.27. The van der Waals surface area contributed by atoms with Crippen molar-refractivity contribution >= 4 is 48.7 Å². The Morgan fingerprint density at radius 3 is 2.37 bits per heavy atom. The van der Waals surface area contributed by atoms with E-state index in [0.717, 1.165) is 10.7 Å². The number of sulfonamides is 2. The quantitative estimate of drug-likeness (QED) is 0.356. The van der Waals surface area contributed by atoms with Crippen molar-refractivity contribution in [3.05, 3.63) is 99.1 Å². The van der Waals surface area contributed by atoms with Gasteiger partial charge in [0.1, 0.15) is 0 Å². The topological polar surface area (TPSA) is 139 Å². The number of hydrazone groups is 1. The molecule has 10 nitrogen and oxygen atoms in total. The molecule has 0 bridgehead atoms. The predicted octanol–water partition coefficient (Wildman–Crippen LogP) is 4.16. The van der Waals surface area contributed by atoms with Gasteiger partial charge in [-0.15, -0.1) is 0 Å². The Bertz CT molecular complexity index is 1540. The summed E-state index contributed by atoms with van der Waals surface area (Å²) in [4.78, 5) is 10.7. The fraction of sp³-hybridized carbons (Fsp3) is 0.136. The molecular formula is C22H19ClN4O6S2. The maximum Gasteiger partial charge on any atom is 0.279 e. The van der Waals surface area contributed by atoms with Gasteiger partial charge >= 0.3 is 0 Å². The molecule has 13 heteroatoms. The van der Waals surface area contributed by atoms with Gasteiger partial charge < -0.3 is 0 Å². The molecule has 182 valence electrons. The lowest BCUT2D eigenvalue weighted by molar-refractivity contribution is -0.384. The average molecular weight is 535 g/mol. The number of rotatable bonds is 7. The van der Waals surface area contributed by atoms with Gasteiger partial charge in [0.25, 0.3) is 15.7 Å². The highest BCUT2D eigenvalue weighted by Gasteiger charge is 2.38. The van der Waals surface area contributed by atoms with Crippen LogP contribution in [0.2, 0.25) is 5.02 Å². The maximum absolute atomic E-state index is 13.5. The van der Waals surface area contributed by atoms with E-state index in [9.17, 15) is 26.9 Å². The first-order valence-electron chi connectivity index (χ1n) is 10.1. The molecule has 35 heavy (non-hydrogen) atoms. The number of hydrogen-bond acceptors (Lipinski definition) is 7. The lowest BCUT2D eigenvalue weighted by atomic mass is 9.98. The highest BCUT2D eigenvalue weighted by Crippen LogP contribution is 2.38. The van der Waals surface area contributed by atoms with E-state index in [4.69, 9.17) is 11.6 Å². The number of nitro groups is 1. The van der Waals surface area contributed by atoms with Gasteiger partial charge in [0.2, 0.25) is 10.0 Å². The average Bonchev–Trinajstić information content (AvgIpc) is 3.25. The van der Waals surface area contributed by atoms with Gasteiger partial charge in [0, 0.05) is 29.3 Å². The van der Waals surface area contributed by atoms with Gasteiger partial charge in [0.15, 0.2) is 0 Å². The first-order valence-corrected chi connectivity index (χ1v) is 13.8. The molecule has 0 aliphatic carbocycles. The number of non-ortho nitro benzene ring substituents is 1. The summed E-state index contributed by atoms with van der Waals surface area (Å²) in [6.45, 7) is 0. The molecule has 0 saturated carbocycles. The normalized spacial score (nSPS) is 16.1. The van der Waals surface area contributed by atoms with Crippen molar-refractivity contribution in [2.24, 2.45) is 5.10 Å². The molecule has 0 radical (unpaired) electrons. The number of benzene rings is 3. The van der Waals surface area contributed by atoms with Crippen LogP contribution in [0.25, 0.3) is 0 Å². The summed E-state index contributed by atoms with van der Waals surface area (Å²) >= 11 is 5.91. The molecule has 1 atom stereocenters. The molecular weight excluding hydrogens is 516 g/mol. The second kappa shape index (κ2) is 9.29. The van der Waals surface area contributed by atoms with E-state index < -0.39 is 31.0 Å². The fourth-order valence-corrected chi connectivity index (χ4v) is 5.78. The van der Waals surface area contributed by atoms with Gasteiger partial charge in [0.05, 0.1) is 27.8 Å². The van der Waals surface area contributed by atoms with Crippen LogP contribution in [0.3, 0.4) is 0 Å². The molecule has 4 rings (SSSR count). The zero-order valence-electron chi connectivity index (χ0n) is 18.2. The molecule has 0 spiro atoms. The van der Waals surface area contributed by atoms with Gasteiger partial charge in [-0.25, -0.2) is 8.42 Å². The first kappa shape index (κ1) is 24.6. The highest BCUT2D eigenvalue weighted by atomic mass is 35.5. The third-order valence-corrected chi connectivity index (χ3v) is 7.75. The van der Waals surface area contributed by atoms with E-state index in [1.54, 1.807) is 30.3 Å². The van der Waals surface area contributed by atoms with Crippen LogP contribution in [0.4, 0.5) is 11.4 Å². The van der Waals surface area contributed by atoms with Crippen LogP contribution in [-0.4, -0.2) is 38.1 Å². The zero-order valence-corrected chi connectivity index (χ0v) is 20.6. The summed E-state index contributed by atoms with van der Waals surface area (Å²) in [5.74, 6) is 0. The van der Waals surface area contributed by atoms with Crippen molar-refractivity contribution in [2.45, 2.75) is 17.4 Å². The van der Waals surface area contributed by atoms with Crippen LogP contribution in [0, 0.1) is 10.1 Å². The summed E-state index contributed by atoms with van der Waals surface area (Å²) in [6, 6.07) is 16.8. The largest absolute Gasteiger partial charge is 0.284 e. The molecule has 0 fully saturated rings. The SMILES string of the molecule is CS(=O)(=O)Nc1cccc(C2=NN(S(=O)(=O)c3ccc(Cl)cc3)[C@@H](c3cccc([N+](=O)[O-])c3)C2)c1. The van der Waals surface area contributed by atoms with Gasteiger partial charge in [-0.05, 0) is 47.5 Å². The van der Waals surface area contributed by atoms with Gasteiger partial charge in [-0.3, -0.25) is 14.8 Å². The number of nitrogens with zero attached hydrogens (tertiary/aromatic N) is 3. The molecule has 3 aromatic carbocycles. The summed E-state index contributed by atoms with van der Waals surface area (Å²) in [5.41, 5.74) is 1.37. The Morgan fingerprint density at radius 2 is 1.71 bits per heavy atom. The van der Waals surface area contributed by atoms with E-state index in [0.29, 0.717) is 27.5 Å². The number of anilines is 1. The van der Waals surface area contributed by atoms with E-state index in [2.05, 4.69) is 9.82 Å². The Hall–Kier alpha value is -3.48. The number of halogens is 1. The van der Waals surface area contributed by atoms with Gasteiger partial charge in [-0.2, -0.15) is 17.9 Å². The van der Waals surface area contributed by atoms with Crippen molar-refractivity contribution in [2.75, 3.05) is 11.0 Å². The van der Waals surface area contributed by atoms with Gasteiger partial charge in [-0.1, -0.05) is 35.9 Å². The summed E-state index contributed by atoms with van der Waals surface area (Å²) in [7, 11) is -7.69. The third kappa shape index (κ3) is 5.45. The second-order valence-electron chi connectivity index (χ2n) is 7.81. The minimum Gasteiger partial charge on any atom is -0.284 e. The maximum atomic E-state index is 13.5. The summed E-state index contributed by atoms with van der Waals surface area (Å²) < 4.78 is 53.6. The fourth-order valence-electron chi connectivity index (χ4n) is 3.67. The molecule has 0 unspecified atom stereocenters. The van der Waals surface area contributed by atoms with E-state index in [1.807, 2.05) is 0 Å². The van der Waals surface area contributed by atoms with Crippen molar-refractivity contribution in [1.82, 2.24) is 4.41 Å². The smallest absolute Gasteiger partial charge is 0.279 e. The van der Waals surface area contributed by atoms with Crippen molar-refractivity contribution in [3.8, 4) is 0 Å². The Kier molecular flexibility index (Phi) is 6.54. The minimum atomic E-state index is -4.16. The lowest BCUT2D eigenvalue weighted by Gasteiger charge is -2.23. The first-order chi connectivity index (χ1) is 16.4. The van der Waals surface area contributed by atoms with Crippen LogP contribution in [0.15, 0.2) is 82.8 Å². The zero-order chi connectivity index (χ0) is 25.4. The van der Waals surface area contributed by atoms with Crippen LogP contribution >= 0.6 is 11.6 Å². The van der Waals surface area contributed by atoms with E-state index in [-0.39, 0.29) is 17.0 Å². The molecule has 1 heterocycles. The van der Waals surface area contributed by atoms with Crippen LogP contribution in [-0.2, 0) is 20.0 Å². The Labute approximate surface area is 207 Å².